The molecule has 0 saturated carbocycles. The smallest absolute Gasteiger partial charge is 0.475 e. The van der Waals surface area contributed by atoms with Crippen molar-refractivity contribution in [3.8, 4) is 0 Å². The molecular formula is C29H33F3N4O4. The van der Waals surface area contributed by atoms with Gasteiger partial charge in [0.1, 0.15) is 5.84 Å². The van der Waals surface area contributed by atoms with Crippen LogP contribution in [0.25, 0.3) is 6.08 Å². The number of fused-ring (bicyclic) bond motifs is 2. The summed E-state index contributed by atoms with van der Waals surface area (Å²) in [5.41, 5.74) is 11.4. The number of nitrogens with two attached hydrogens (primary N) is 1. The first-order valence-electron chi connectivity index (χ1n) is 13.1. The average molecular weight is 559 g/mol. The zero-order valence-electron chi connectivity index (χ0n) is 22.5. The van der Waals surface area contributed by atoms with Crippen LogP contribution in [0.1, 0.15) is 60.2 Å². The molecule has 2 aromatic carbocycles. The van der Waals surface area contributed by atoms with Gasteiger partial charge in [0.05, 0.1) is 5.69 Å². The maximum Gasteiger partial charge on any atom is 0.490 e. The van der Waals surface area contributed by atoms with Crippen molar-refractivity contribution < 1.29 is 32.7 Å². The van der Waals surface area contributed by atoms with E-state index in [0.717, 1.165) is 37.9 Å². The molecule has 2 amide bonds. The number of carboxylic acids is 1. The van der Waals surface area contributed by atoms with Gasteiger partial charge in [-0.1, -0.05) is 44.2 Å². The van der Waals surface area contributed by atoms with E-state index in [1.54, 1.807) is 6.07 Å². The van der Waals surface area contributed by atoms with E-state index in [0.29, 0.717) is 42.2 Å². The summed E-state index contributed by atoms with van der Waals surface area (Å²) in [7, 11) is 0. The Labute approximate surface area is 231 Å². The molecule has 11 heteroatoms. The number of amidine groups is 1. The zero-order chi connectivity index (χ0) is 29.4. The Morgan fingerprint density at radius 3 is 2.27 bits per heavy atom. The Bertz CT molecular complexity index is 1310. The molecule has 0 bridgehead atoms. The Kier molecular flexibility index (Phi) is 10.1. The molecule has 8 nitrogen and oxygen atoms in total. The van der Waals surface area contributed by atoms with Gasteiger partial charge >= 0.3 is 12.1 Å². The van der Waals surface area contributed by atoms with Crippen molar-refractivity contribution >= 4 is 35.4 Å². The van der Waals surface area contributed by atoms with Crippen molar-refractivity contribution in [2.24, 2.45) is 10.7 Å². The topological polar surface area (TPSA) is 116 Å². The second-order valence-electron chi connectivity index (χ2n) is 9.56. The van der Waals surface area contributed by atoms with E-state index in [1.807, 2.05) is 40.1 Å². The van der Waals surface area contributed by atoms with Crippen LogP contribution in [0.4, 0.5) is 18.9 Å². The minimum atomic E-state index is -5.08. The quantitative estimate of drug-likeness (QED) is 0.521. The molecule has 214 valence electrons. The molecule has 0 radical (unpaired) electrons. The third-order valence-corrected chi connectivity index (χ3v) is 6.45. The van der Waals surface area contributed by atoms with Crippen LogP contribution >= 0.6 is 0 Å². The van der Waals surface area contributed by atoms with E-state index in [1.165, 1.54) is 11.1 Å². The van der Waals surface area contributed by atoms with Crippen LogP contribution in [-0.2, 0) is 22.6 Å². The minimum absolute atomic E-state index is 0.0110. The lowest BCUT2D eigenvalue weighted by Crippen LogP contribution is -2.35. The number of halogens is 3. The molecule has 4 rings (SSSR count). The summed E-state index contributed by atoms with van der Waals surface area (Å²) < 4.78 is 31.7. The van der Waals surface area contributed by atoms with Crippen molar-refractivity contribution in [3.63, 3.8) is 0 Å². The van der Waals surface area contributed by atoms with E-state index in [2.05, 4.69) is 31.0 Å². The molecule has 2 aromatic rings. The van der Waals surface area contributed by atoms with Gasteiger partial charge in [-0.3, -0.25) is 9.59 Å². The zero-order valence-corrected chi connectivity index (χ0v) is 22.5. The highest BCUT2D eigenvalue weighted by atomic mass is 19.4. The highest BCUT2D eigenvalue weighted by Crippen LogP contribution is 2.30. The summed E-state index contributed by atoms with van der Waals surface area (Å²) in [4.78, 5) is 43.6. The van der Waals surface area contributed by atoms with E-state index >= 15 is 0 Å². The molecule has 0 aliphatic carbocycles. The van der Waals surface area contributed by atoms with E-state index in [4.69, 9.17) is 15.6 Å². The van der Waals surface area contributed by atoms with Crippen molar-refractivity contribution in [1.82, 2.24) is 9.80 Å². The fourth-order valence-electron chi connectivity index (χ4n) is 4.57. The number of carbonyl (C=O) groups excluding carboxylic acids is 2. The van der Waals surface area contributed by atoms with Gasteiger partial charge in [-0.15, -0.1) is 0 Å². The third-order valence-electron chi connectivity index (χ3n) is 6.45. The Hall–Kier alpha value is -4.15. The van der Waals surface area contributed by atoms with Gasteiger partial charge in [0, 0.05) is 49.3 Å². The molecule has 0 fully saturated rings. The monoisotopic (exact) mass is 558 g/mol. The fraction of sp³-hybridized carbons (Fsp3) is 0.379. The number of carboxylic acid groups (broad SMARTS) is 1. The lowest BCUT2D eigenvalue weighted by atomic mass is 9.99. The second kappa shape index (κ2) is 13.3. The number of nitrogens with zero attached hydrogens (tertiary/aromatic N) is 3. The van der Waals surface area contributed by atoms with E-state index in [9.17, 15) is 22.8 Å². The van der Waals surface area contributed by atoms with Crippen LogP contribution in [0.15, 0.2) is 53.0 Å². The van der Waals surface area contributed by atoms with Crippen LogP contribution in [0.2, 0.25) is 0 Å². The molecule has 0 atom stereocenters. The number of aliphatic carboxylic acids is 1. The number of rotatable bonds is 6. The molecule has 0 aromatic heterocycles. The predicted octanol–water partition coefficient (Wildman–Crippen LogP) is 4.94. The highest BCUT2D eigenvalue weighted by Gasteiger charge is 2.38. The number of aliphatic imine (C=N–C) groups is 1. The fourth-order valence-corrected chi connectivity index (χ4v) is 4.57. The summed E-state index contributed by atoms with van der Waals surface area (Å²) in [5.74, 6) is -2.37. The van der Waals surface area contributed by atoms with Crippen LogP contribution in [0.3, 0.4) is 0 Å². The van der Waals surface area contributed by atoms with Gasteiger partial charge in [0.15, 0.2) is 0 Å². The van der Waals surface area contributed by atoms with Gasteiger partial charge in [-0.2, -0.15) is 13.2 Å². The third kappa shape index (κ3) is 7.71. The van der Waals surface area contributed by atoms with Crippen LogP contribution in [-0.4, -0.2) is 64.3 Å². The van der Waals surface area contributed by atoms with Crippen molar-refractivity contribution in [2.75, 3.05) is 19.6 Å². The normalized spacial score (nSPS) is 14.4. The van der Waals surface area contributed by atoms with Crippen LogP contribution in [0.5, 0.6) is 0 Å². The SMILES string of the molecule is CCCN(CCC)C(=O)C1=Cc2ccc(C(=O)N3CCc4ccccc4C3)cc2N=C(N)C1.O=C(O)C(F)(F)F. The van der Waals surface area contributed by atoms with Gasteiger partial charge in [-0.25, -0.2) is 9.79 Å². The Balaban J connectivity index is 0.000000559. The minimum Gasteiger partial charge on any atom is -0.475 e. The lowest BCUT2D eigenvalue weighted by molar-refractivity contribution is -0.192. The molecule has 3 N–H and O–H groups in total. The van der Waals surface area contributed by atoms with Crippen molar-refractivity contribution in [3.05, 3.63) is 70.3 Å². The van der Waals surface area contributed by atoms with Gasteiger partial charge in [-0.05, 0) is 48.6 Å². The largest absolute Gasteiger partial charge is 0.490 e. The Morgan fingerprint density at radius 1 is 1.05 bits per heavy atom. The van der Waals surface area contributed by atoms with Crippen molar-refractivity contribution in [1.29, 1.82) is 0 Å². The lowest BCUT2D eigenvalue weighted by Gasteiger charge is -2.29. The molecule has 0 saturated heterocycles. The molecule has 0 spiro atoms. The van der Waals surface area contributed by atoms with Gasteiger partial charge in [0.2, 0.25) is 5.91 Å². The summed E-state index contributed by atoms with van der Waals surface area (Å²) in [5, 5.41) is 7.12. The number of benzene rings is 2. The van der Waals surface area contributed by atoms with Gasteiger partial charge < -0.3 is 20.6 Å². The molecular weight excluding hydrogens is 525 g/mol. The average Bonchev–Trinajstić information content (AvgIpc) is 3.09. The first-order chi connectivity index (χ1) is 18.9. The standard InChI is InChI=1S/C27H32N4O2.C2HF3O2/c1-3-12-30(13-4-2)27(33)23-15-20-9-10-21(16-24(20)29-25(28)17-23)26(32)31-14-11-19-7-5-6-8-22(19)18-31;3-2(4,5)1(6)7/h5-10,15-16H,3-4,11-14,17-18H2,1-2H3,(H2,28,29);(H,6,7). The molecule has 2 aliphatic heterocycles. The molecule has 2 heterocycles. The van der Waals surface area contributed by atoms with Crippen LogP contribution < -0.4 is 5.73 Å². The predicted molar refractivity (Wildman–Crippen MR) is 146 cm³/mol. The molecule has 0 unspecified atom stereocenters. The van der Waals surface area contributed by atoms with Crippen molar-refractivity contribution in [2.45, 2.75) is 52.3 Å². The maximum absolute atomic E-state index is 13.2. The number of amides is 2. The maximum atomic E-state index is 13.2. The first kappa shape index (κ1) is 30.4. The first-order valence-corrected chi connectivity index (χ1v) is 13.1. The number of hydrogen-bond acceptors (Lipinski definition) is 5. The summed E-state index contributed by atoms with van der Waals surface area (Å²) in [6, 6.07) is 13.8. The van der Waals surface area contributed by atoms with E-state index in [-0.39, 0.29) is 11.8 Å². The second-order valence-corrected chi connectivity index (χ2v) is 9.56. The number of alkyl halides is 3. The van der Waals surface area contributed by atoms with Crippen LogP contribution in [0, 0.1) is 0 Å². The van der Waals surface area contributed by atoms with E-state index < -0.39 is 12.1 Å². The highest BCUT2D eigenvalue weighted by molar-refractivity contribution is 6.06. The molecule has 40 heavy (non-hydrogen) atoms. The number of hydrogen-bond donors (Lipinski definition) is 2. The summed E-state index contributed by atoms with van der Waals surface area (Å²) >= 11 is 0. The Morgan fingerprint density at radius 2 is 1.68 bits per heavy atom. The summed E-state index contributed by atoms with van der Waals surface area (Å²) in [6.45, 7) is 6.90. The van der Waals surface area contributed by atoms with Gasteiger partial charge in [0.25, 0.3) is 5.91 Å². The summed E-state index contributed by atoms with van der Waals surface area (Å²) in [6.07, 6.45) is -0.218. The number of carbonyl (C=O) groups is 3. The molecule has 2 aliphatic rings.